The van der Waals surface area contributed by atoms with Gasteiger partial charge in [0.15, 0.2) is 0 Å². The van der Waals surface area contributed by atoms with Gasteiger partial charge in [0.25, 0.3) is 0 Å². The summed E-state index contributed by atoms with van der Waals surface area (Å²) in [7, 11) is 1.51. The van der Waals surface area contributed by atoms with Crippen molar-refractivity contribution in [3.05, 3.63) is 51.9 Å². The molecule has 0 saturated heterocycles. The molecule has 0 unspecified atom stereocenters. The molecule has 23 heavy (non-hydrogen) atoms. The van der Waals surface area contributed by atoms with E-state index in [-0.39, 0.29) is 24.1 Å². The third-order valence-electron chi connectivity index (χ3n) is 3.36. The standard InChI is InChI=1S/C15H14ClF3N2O2/c1-9-12(14(16)23-20-9)7-13(22)21(2)8-10-4-3-5-11(6-10)15(17,18)19/h3-6H,7-8H2,1-2H3. The van der Waals surface area contributed by atoms with E-state index in [4.69, 9.17) is 16.1 Å². The van der Waals surface area contributed by atoms with Gasteiger partial charge in [-0.15, -0.1) is 0 Å². The van der Waals surface area contributed by atoms with Gasteiger partial charge in [0.05, 0.1) is 17.7 Å². The molecule has 0 fully saturated rings. The molecule has 0 atom stereocenters. The molecule has 0 aliphatic rings. The van der Waals surface area contributed by atoms with E-state index in [0.717, 1.165) is 12.1 Å². The number of halogens is 4. The van der Waals surface area contributed by atoms with Crippen molar-refractivity contribution in [3.63, 3.8) is 0 Å². The fourth-order valence-electron chi connectivity index (χ4n) is 2.05. The zero-order valence-electron chi connectivity index (χ0n) is 12.4. The van der Waals surface area contributed by atoms with Crippen LogP contribution in [0.5, 0.6) is 0 Å². The number of alkyl halides is 3. The first-order chi connectivity index (χ1) is 10.7. The maximum Gasteiger partial charge on any atom is 0.416 e. The Labute approximate surface area is 135 Å². The van der Waals surface area contributed by atoms with Crippen molar-refractivity contribution in [2.45, 2.75) is 26.1 Å². The highest BCUT2D eigenvalue weighted by atomic mass is 35.5. The quantitative estimate of drug-likeness (QED) is 0.844. The number of aryl methyl sites for hydroxylation is 1. The minimum atomic E-state index is -4.41. The number of hydrogen-bond acceptors (Lipinski definition) is 3. The molecule has 0 bridgehead atoms. The molecule has 1 amide bonds. The van der Waals surface area contributed by atoms with E-state index in [9.17, 15) is 18.0 Å². The predicted octanol–water partition coefficient (Wildman–Crippen LogP) is 3.86. The van der Waals surface area contributed by atoms with Crippen molar-refractivity contribution in [2.75, 3.05) is 7.05 Å². The Kier molecular flexibility index (Phi) is 4.99. The fourth-order valence-corrected chi connectivity index (χ4v) is 2.29. The van der Waals surface area contributed by atoms with Crippen molar-refractivity contribution in [1.29, 1.82) is 0 Å². The lowest BCUT2D eigenvalue weighted by Crippen LogP contribution is -2.28. The summed E-state index contributed by atoms with van der Waals surface area (Å²) in [5.74, 6) is -0.296. The summed E-state index contributed by atoms with van der Waals surface area (Å²) in [6.07, 6.45) is -4.44. The molecule has 2 aromatic rings. The topological polar surface area (TPSA) is 46.3 Å². The van der Waals surface area contributed by atoms with Gasteiger partial charge in [0.2, 0.25) is 11.1 Å². The first kappa shape index (κ1) is 17.3. The third kappa shape index (κ3) is 4.25. The van der Waals surface area contributed by atoms with Crippen LogP contribution in [0.3, 0.4) is 0 Å². The van der Waals surface area contributed by atoms with Crippen LogP contribution in [0.2, 0.25) is 5.22 Å². The van der Waals surface area contributed by atoms with Crippen LogP contribution >= 0.6 is 11.6 Å². The summed E-state index contributed by atoms with van der Waals surface area (Å²) in [6.45, 7) is 1.72. The zero-order valence-corrected chi connectivity index (χ0v) is 13.2. The fraction of sp³-hybridized carbons (Fsp3) is 0.333. The molecule has 0 aliphatic heterocycles. The minimum absolute atomic E-state index is 0.0242. The highest BCUT2D eigenvalue weighted by Crippen LogP contribution is 2.29. The second kappa shape index (κ2) is 6.62. The average Bonchev–Trinajstić information content (AvgIpc) is 2.78. The van der Waals surface area contributed by atoms with Gasteiger partial charge >= 0.3 is 6.18 Å². The molecule has 8 heteroatoms. The molecule has 1 aromatic heterocycles. The van der Waals surface area contributed by atoms with Crippen LogP contribution in [0, 0.1) is 6.92 Å². The van der Waals surface area contributed by atoms with Crippen LogP contribution in [0.25, 0.3) is 0 Å². The number of rotatable bonds is 4. The molecule has 0 spiro atoms. The second-order valence-corrected chi connectivity index (χ2v) is 5.49. The van der Waals surface area contributed by atoms with Crippen LogP contribution in [0.4, 0.5) is 13.2 Å². The lowest BCUT2D eigenvalue weighted by Gasteiger charge is -2.18. The predicted molar refractivity (Wildman–Crippen MR) is 77.9 cm³/mol. The van der Waals surface area contributed by atoms with Gasteiger partial charge in [-0.05, 0) is 36.2 Å². The summed E-state index contributed by atoms with van der Waals surface area (Å²) >= 11 is 5.80. The van der Waals surface area contributed by atoms with E-state index < -0.39 is 11.7 Å². The maximum absolute atomic E-state index is 12.7. The average molecular weight is 347 g/mol. The SMILES string of the molecule is Cc1noc(Cl)c1CC(=O)N(C)Cc1cccc(C(F)(F)F)c1. The normalized spacial score (nSPS) is 11.6. The van der Waals surface area contributed by atoms with Crippen LogP contribution in [-0.4, -0.2) is 23.0 Å². The molecular weight excluding hydrogens is 333 g/mol. The summed E-state index contributed by atoms with van der Waals surface area (Å²) in [5.41, 5.74) is 0.640. The molecule has 0 radical (unpaired) electrons. The smallest absolute Gasteiger partial charge is 0.344 e. The number of carbonyl (C=O) groups excluding carboxylic acids is 1. The van der Waals surface area contributed by atoms with Crippen molar-refractivity contribution in [1.82, 2.24) is 10.1 Å². The molecule has 1 aromatic carbocycles. The van der Waals surface area contributed by atoms with Gasteiger partial charge in [-0.25, -0.2) is 0 Å². The van der Waals surface area contributed by atoms with Crippen LogP contribution in [0.15, 0.2) is 28.8 Å². The number of amides is 1. The van der Waals surface area contributed by atoms with Crippen molar-refractivity contribution >= 4 is 17.5 Å². The molecule has 0 saturated carbocycles. The molecule has 1 heterocycles. The monoisotopic (exact) mass is 346 g/mol. The van der Waals surface area contributed by atoms with E-state index in [0.29, 0.717) is 16.8 Å². The lowest BCUT2D eigenvalue weighted by atomic mass is 10.1. The number of carbonyl (C=O) groups is 1. The van der Waals surface area contributed by atoms with Gasteiger partial charge in [-0.1, -0.05) is 17.3 Å². The Morgan fingerprint density at radius 3 is 2.65 bits per heavy atom. The van der Waals surface area contributed by atoms with Gasteiger partial charge in [-0.2, -0.15) is 13.2 Å². The van der Waals surface area contributed by atoms with Gasteiger partial charge in [0.1, 0.15) is 0 Å². The summed E-state index contributed by atoms with van der Waals surface area (Å²) in [4.78, 5) is 13.5. The van der Waals surface area contributed by atoms with E-state index >= 15 is 0 Å². The lowest BCUT2D eigenvalue weighted by molar-refractivity contribution is -0.137. The van der Waals surface area contributed by atoms with Gasteiger partial charge in [-0.3, -0.25) is 4.79 Å². The first-order valence-electron chi connectivity index (χ1n) is 6.69. The molecule has 124 valence electrons. The number of benzene rings is 1. The number of aromatic nitrogens is 1. The van der Waals surface area contributed by atoms with E-state index in [1.807, 2.05) is 0 Å². The summed E-state index contributed by atoms with van der Waals surface area (Å²) in [5, 5.41) is 3.69. The highest BCUT2D eigenvalue weighted by molar-refractivity contribution is 6.29. The van der Waals surface area contributed by atoms with Gasteiger partial charge in [0, 0.05) is 19.2 Å². The molecule has 4 nitrogen and oxygen atoms in total. The Bertz CT molecular complexity index is 693. The largest absolute Gasteiger partial charge is 0.416 e. The summed E-state index contributed by atoms with van der Waals surface area (Å²) < 4.78 is 42.8. The van der Waals surface area contributed by atoms with Gasteiger partial charge < -0.3 is 9.42 Å². The Hall–Kier alpha value is -2.02. The van der Waals surface area contributed by atoms with Crippen LogP contribution < -0.4 is 0 Å². The van der Waals surface area contributed by atoms with Crippen LogP contribution in [0.1, 0.15) is 22.4 Å². The number of hydrogen-bond donors (Lipinski definition) is 0. The molecule has 0 N–H and O–H groups in total. The molecular formula is C15H14ClF3N2O2. The van der Waals surface area contributed by atoms with Crippen molar-refractivity contribution < 1.29 is 22.5 Å². The summed E-state index contributed by atoms with van der Waals surface area (Å²) in [6, 6.07) is 4.88. The van der Waals surface area contributed by atoms with Crippen molar-refractivity contribution in [3.8, 4) is 0 Å². The van der Waals surface area contributed by atoms with E-state index in [1.165, 1.54) is 24.1 Å². The maximum atomic E-state index is 12.7. The van der Waals surface area contributed by atoms with Crippen molar-refractivity contribution in [2.24, 2.45) is 0 Å². The van der Waals surface area contributed by atoms with E-state index in [2.05, 4.69) is 5.16 Å². The Balaban J connectivity index is 2.07. The zero-order chi connectivity index (χ0) is 17.2. The first-order valence-corrected chi connectivity index (χ1v) is 7.07. The minimum Gasteiger partial charge on any atom is -0.344 e. The second-order valence-electron chi connectivity index (χ2n) is 5.14. The number of likely N-dealkylation sites (N-methyl/N-ethyl adjacent to an activating group) is 1. The molecule has 0 aliphatic carbocycles. The third-order valence-corrected chi connectivity index (χ3v) is 3.66. The number of nitrogens with zero attached hydrogens (tertiary/aromatic N) is 2. The Morgan fingerprint density at radius 1 is 1.39 bits per heavy atom. The van der Waals surface area contributed by atoms with E-state index in [1.54, 1.807) is 6.92 Å². The Morgan fingerprint density at radius 2 is 2.09 bits per heavy atom. The molecule has 2 rings (SSSR count). The highest BCUT2D eigenvalue weighted by Gasteiger charge is 2.30. The van der Waals surface area contributed by atoms with Crippen LogP contribution in [-0.2, 0) is 23.9 Å².